The van der Waals surface area contributed by atoms with Crippen LogP contribution in [0.3, 0.4) is 0 Å². The van der Waals surface area contributed by atoms with E-state index in [0.717, 1.165) is 6.42 Å². The van der Waals surface area contributed by atoms with Gasteiger partial charge in [-0.05, 0) is 38.3 Å². The molecule has 0 aliphatic carbocycles. The summed E-state index contributed by atoms with van der Waals surface area (Å²) in [7, 11) is 1.48. The number of likely N-dealkylation sites (tertiary alicyclic amines) is 1. The van der Waals surface area contributed by atoms with Crippen LogP contribution in [-0.2, 0) is 0 Å². The number of hydrogen-bond donors (Lipinski definition) is 1. The standard InChI is InChI=1S/C15H19Cl2NO3/c1-15(20)4-3-6-18(7-5-15)14(19)10-8-11(16)13(21-2)12(17)9-10/h8-9,20H,3-7H2,1-2H3. The largest absolute Gasteiger partial charge is 0.494 e. The Kier molecular flexibility index (Phi) is 5.02. The molecule has 1 N–H and O–H groups in total. The maximum Gasteiger partial charge on any atom is 0.253 e. The highest BCUT2D eigenvalue weighted by Gasteiger charge is 2.28. The first-order valence-corrected chi connectivity index (χ1v) is 7.64. The minimum Gasteiger partial charge on any atom is -0.494 e. The molecule has 0 saturated carbocycles. The molecule has 1 fully saturated rings. The van der Waals surface area contributed by atoms with E-state index in [4.69, 9.17) is 27.9 Å². The molecule has 1 amide bonds. The van der Waals surface area contributed by atoms with Gasteiger partial charge in [0.05, 0.1) is 22.8 Å². The van der Waals surface area contributed by atoms with E-state index >= 15 is 0 Å². The lowest BCUT2D eigenvalue weighted by molar-refractivity contribution is 0.0438. The summed E-state index contributed by atoms with van der Waals surface area (Å²) < 4.78 is 5.08. The van der Waals surface area contributed by atoms with Crippen LogP contribution in [-0.4, -0.2) is 41.7 Å². The van der Waals surface area contributed by atoms with Gasteiger partial charge < -0.3 is 14.7 Å². The summed E-state index contributed by atoms with van der Waals surface area (Å²) >= 11 is 12.2. The molecule has 1 aromatic rings. The molecule has 0 radical (unpaired) electrons. The minimum absolute atomic E-state index is 0.126. The molecule has 1 atom stereocenters. The summed E-state index contributed by atoms with van der Waals surface area (Å²) in [6, 6.07) is 3.13. The number of methoxy groups -OCH3 is 1. The molecular formula is C15H19Cl2NO3. The van der Waals surface area contributed by atoms with E-state index in [2.05, 4.69) is 0 Å². The van der Waals surface area contributed by atoms with E-state index in [0.29, 0.717) is 47.3 Å². The first-order chi connectivity index (χ1) is 9.84. The summed E-state index contributed by atoms with van der Waals surface area (Å²) in [5.74, 6) is 0.243. The number of aliphatic hydroxyl groups is 1. The first-order valence-electron chi connectivity index (χ1n) is 6.89. The zero-order valence-corrected chi connectivity index (χ0v) is 13.7. The van der Waals surface area contributed by atoms with Gasteiger partial charge in [0.2, 0.25) is 0 Å². The maximum atomic E-state index is 12.6. The summed E-state index contributed by atoms with van der Waals surface area (Å²) in [4.78, 5) is 14.3. The van der Waals surface area contributed by atoms with Crippen molar-refractivity contribution in [2.45, 2.75) is 31.8 Å². The first kappa shape index (κ1) is 16.4. The van der Waals surface area contributed by atoms with Crippen LogP contribution in [0.5, 0.6) is 5.75 Å². The number of ether oxygens (including phenoxy) is 1. The van der Waals surface area contributed by atoms with Crippen LogP contribution >= 0.6 is 23.2 Å². The molecule has 1 aliphatic rings. The van der Waals surface area contributed by atoms with Crippen molar-refractivity contribution >= 4 is 29.1 Å². The average molecular weight is 332 g/mol. The number of carbonyl (C=O) groups excluding carboxylic acids is 1. The Labute approximate surface area is 134 Å². The van der Waals surface area contributed by atoms with Crippen LogP contribution < -0.4 is 4.74 Å². The molecule has 1 heterocycles. The Balaban J connectivity index is 2.20. The molecule has 0 bridgehead atoms. The van der Waals surface area contributed by atoms with Gasteiger partial charge in [-0.2, -0.15) is 0 Å². The fourth-order valence-corrected chi connectivity index (χ4v) is 3.17. The topological polar surface area (TPSA) is 49.8 Å². The smallest absolute Gasteiger partial charge is 0.253 e. The third kappa shape index (κ3) is 3.82. The van der Waals surface area contributed by atoms with Crippen molar-refractivity contribution in [3.8, 4) is 5.75 Å². The number of carbonyl (C=O) groups is 1. The normalized spacial score (nSPS) is 22.8. The molecule has 4 nitrogen and oxygen atoms in total. The van der Waals surface area contributed by atoms with Crippen molar-refractivity contribution in [3.63, 3.8) is 0 Å². The van der Waals surface area contributed by atoms with Gasteiger partial charge in [-0.3, -0.25) is 4.79 Å². The lowest BCUT2D eigenvalue weighted by atomic mass is 9.98. The Morgan fingerprint density at radius 2 is 1.90 bits per heavy atom. The van der Waals surface area contributed by atoms with Crippen molar-refractivity contribution in [2.24, 2.45) is 0 Å². The van der Waals surface area contributed by atoms with Crippen LogP contribution in [0.2, 0.25) is 10.0 Å². The highest BCUT2D eigenvalue weighted by Crippen LogP contribution is 2.34. The van der Waals surface area contributed by atoms with Gasteiger partial charge in [0, 0.05) is 18.7 Å². The van der Waals surface area contributed by atoms with Gasteiger partial charge in [0.15, 0.2) is 5.75 Å². The van der Waals surface area contributed by atoms with Gasteiger partial charge >= 0.3 is 0 Å². The molecule has 2 rings (SSSR count). The fourth-order valence-electron chi connectivity index (χ4n) is 2.53. The second-order valence-electron chi connectivity index (χ2n) is 5.62. The second kappa shape index (κ2) is 6.42. The third-order valence-corrected chi connectivity index (χ3v) is 4.36. The summed E-state index contributed by atoms with van der Waals surface area (Å²) in [5.41, 5.74) is -0.267. The van der Waals surface area contributed by atoms with Gasteiger partial charge in [0.25, 0.3) is 5.91 Å². The molecule has 0 aromatic heterocycles. The molecule has 1 saturated heterocycles. The van der Waals surface area contributed by atoms with Crippen LogP contribution in [0.15, 0.2) is 12.1 Å². The van der Waals surface area contributed by atoms with E-state index in [1.54, 1.807) is 17.0 Å². The molecule has 21 heavy (non-hydrogen) atoms. The van der Waals surface area contributed by atoms with Crippen molar-refractivity contribution < 1.29 is 14.6 Å². The van der Waals surface area contributed by atoms with E-state index in [9.17, 15) is 9.90 Å². The molecule has 1 aromatic carbocycles. The zero-order chi connectivity index (χ0) is 15.6. The predicted molar refractivity (Wildman–Crippen MR) is 83.4 cm³/mol. The van der Waals surface area contributed by atoms with Crippen LogP contribution in [0.4, 0.5) is 0 Å². The monoisotopic (exact) mass is 331 g/mol. The lowest BCUT2D eigenvalue weighted by Gasteiger charge is -2.23. The number of benzene rings is 1. The fraction of sp³-hybridized carbons (Fsp3) is 0.533. The van der Waals surface area contributed by atoms with Crippen LogP contribution in [0.1, 0.15) is 36.5 Å². The third-order valence-electron chi connectivity index (χ3n) is 3.80. The van der Waals surface area contributed by atoms with Gasteiger partial charge in [-0.15, -0.1) is 0 Å². The van der Waals surface area contributed by atoms with Crippen molar-refractivity contribution in [1.29, 1.82) is 0 Å². The number of rotatable bonds is 2. The number of amides is 1. The quantitative estimate of drug-likeness (QED) is 0.903. The number of hydrogen-bond acceptors (Lipinski definition) is 3. The highest BCUT2D eigenvalue weighted by atomic mass is 35.5. The molecule has 6 heteroatoms. The Hall–Kier alpha value is -0.970. The Morgan fingerprint density at radius 1 is 1.29 bits per heavy atom. The molecule has 1 aliphatic heterocycles. The zero-order valence-electron chi connectivity index (χ0n) is 12.2. The number of halogens is 2. The van der Waals surface area contributed by atoms with Gasteiger partial charge in [0.1, 0.15) is 0 Å². The summed E-state index contributed by atoms with van der Waals surface area (Å²) in [5, 5.41) is 10.7. The van der Waals surface area contributed by atoms with Crippen LogP contribution in [0.25, 0.3) is 0 Å². The Morgan fingerprint density at radius 3 is 2.48 bits per heavy atom. The van der Waals surface area contributed by atoms with Crippen molar-refractivity contribution in [3.05, 3.63) is 27.7 Å². The van der Waals surface area contributed by atoms with Crippen molar-refractivity contribution in [2.75, 3.05) is 20.2 Å². The number of nitrogens with zero attached hydrogens (tertiary/aromatic N) is 1. The van der Waals surface area contributed by atoms with Gasteiger partial charge in [-0.25, -0.2) is 0 Å². The van der Waals surface area contributed by atoms with Crippen molar-refractivity contribution in [1.82, 2.24) is 4.90 Å². The highest BCUT2D eigenvalue weighted by molar-refractivity contribution is 6.37. The Bertz CT molecular complexity index is 523. The molecule has 1 unspecified atom stereocenters. The molecular weight excluding hydrogens is 313 g/mol. The SMILES string of the molecule is COc1c(Cl)cc(C(=O)N2CCCC(C)(O)CC2)cc1Cl. The predicted octanol–water partition coefficient (Wildman–Crippen LogP) is 3.38. The minimum atomic E-state index is -0.704. The molecule has 116 valence electrons. The lowest BCUT2D eigenvalue weighted by Crippen LogP contribution is -2.33. The van der Waals surface area contributed by atoms with Crippen LogP contribution in [0, 0.1) is 0 Å². The summed E-state index contributed by atoms with van der Waals surface area (Å²) in [6.07, 6.45) is 2.04. The average Bonchev–Trinajstić information content (AvgIpc) is 2.58. The summed E-state index contributed by atoms with van der Waals surface area (Å²) in [6.45, 7) is 2.95. The maximum absolute atomic E-state index is 12.6. The van der Waals surface area contributed by atoms with Gasteiger partial charge in [-0.1, -0.05) is 23.2 Å². The van der Waals surface area contributed by atoms with E-state index < -0.39 is 5.60 Å². The molecule has 0 spiro atoms. The van der Waals surface area contributed by atoms with E-state index in [1.165, 1.54) is 7.11 Å². The second-order valence-corrected chi connectivity index (χ2v) is 6.43. The van der Waals surface area contributed by atoms with E-state index in [1.807, 2.05) is 6.92 Å². The van der Waals surface area contributed by atoms with E-state index in [-0.39, 0.29) is 5.91 Å².